The van der Waals surface area contributed by atoms with E-state index in [4.69, 9.17) is 0 Å². The summed E-state index contributed by atoms with van der Waals surface area (Å²) in [5, 5.41) is 0. The van der Waals surface area contributed by atoms with E-state index >= 15 is 0 Å². The molecule has 0 nitrogen and oxygen atoms in total. The molecule has 2 aliphatic carbocycles. The van der Waals surface area contributed by atoms with Crippen LogP contribution in [0.4, 0.5) is 0 Å². The van der Waals surface area contributed by atoms with Gasteiger partial charge in [-0.1, -0.05) is 70.4 Å². The van der Waals surface area contributed by atoms with E-state index in [1.165, 1.54) is 83.5 Å². The monoisotopic (exact) mass is 290 g/mol. The van der Waals surface area contributed by atoms with Crippen LogP contribution in [0.1, 0.15) is 104 Å². The Hall–Kier alpha value is -0.260. The van der Waals surface area contributed by atoms with Gasteiger partial charge < -0.3 is 0 Å². The van der Waals surface area contributed by atoms with Crippen molar-refractivity contribution in [2.75, 3.05) is 0 Å². The summed E-state index contributed by atoms with van der Waals surface area (Å²) in [6.07, 6.45) is 18.9. The van der Waals surface area contributed by atoms with Crippen molar-refractivity contribution >= 4 is 0 Å². The van der Waals surface area contributed by atoms with Gasteiger partial charge in [0.1, 0.15) is 0 Å². The molecule has 0 amide bonds. The van der Waals surface area contributed by atoms with Crippen molar-refractivity contribution in [2.24, 2.45) is 17.8 Å². The van der Waals surface area contributed by atoms with Crippen molar-refractivity contribution in [3.05, 3.63) is 11.1 Å². The predicted molar refractivity (Wildman–Crippen MR) is 94.5 cm³/mol. The standard InChI is InChI=1S/C21H38/c1-4-10-18(3)21(19-12-6-5-7-13-19)20-14-9-8-11-17(2)15-16-20/h17-18,20H,4-16H2,1-3H3. The van der Waals surface area contributed by atoms with E-state index < -0.39 is 0 Å². The first-order valence-corrected chi connectivity index (χ1v) is 9.94. The molecular weight excluding hydrogens is 252 g/mol. The molecule has 2 saturated carbocycles. The van der Waals surface area contributed by atoms with Gasteiger partial charge in [-0.15, -0.1) is 0 Å². The highest BCUT2D eigenvalue weighted by Crippen LogP contribution is 2.40. The Morgan fingerprint density at radius 1 is 0.952 bits per heavy atom. The second-order valence-electron chi connectivity index (χ2n) is 7.97. The summed E-state index contributed by atoms with van der Waals surface area (Å²) in [6, 6.07) is 0. The normalized spacial score (nSPS) is 29.6. The Bertz CT molecular complexity index is 317. The zero-order valence-electron chi connectivity index (χ0n) is 14.9. The van der Waals surface area contributed by atoms with Gasteiger partial charge in [0.25, 0.3) is 0 Å². The number of hydrogen-bond donors (Lipinski definition) is 0. The van der Waals surface area contributed by atoms with Gasteiger partial charge in [-0.05, 0) is 62.7 Å². The minimum atomic E-state index is 0.850. The van der Waals surface area contributed by atoms with Crippen molar-refractivity contribution < 1.29 is 0 Å². The second kappa shape index (κ2) is 9.01. The lowest BCUT2D eigenvalue weighted by Crippen LogP contribution is -2.18. The fourth-order valence-corrected chi connectivity index (χ4v) is 4.86. The van der Waals surface area contributed by atoms with Gasteiger partial charge in [-0.25, -0.2) is 0 Å². The van der Waals surface area contributed by atoms with Crippen LogP contribution in [0.15, 0.2) is 11.1 Å². The SMILES string of the molecule is CCCC(C)C(=C1CCCCC1)C1CCCCC(C)CC1. The summed E-state index contributed by atoms with van der Waals surface area (Å²) in [6.45, 7) is 7.37. The van der Waals surface area contributed by atoms with Crippen LogP contribution < -0.4 is 0 Å². The first kappa shape index (κ1) is 17.1. The van der Waals surface area contributed by atoms with Crippen LogP contribution in [0.25, 0.3) is 0 Å². The molecule has 0 bridgehead atoms. The lowest BCUT2D eigenvalue weighted by molar-refractivity contribution is 0.331. The molecule has 2 rings (SSSR count). The molecule has 3 unspecified atom stereocenters. The highest BCUT2D eigenvalue weighted by Gasteiger charge is 2.25. The lowest BCUT2D eigenvalue weighted by Gasteiger charge is -2.32. The Labute approximate surface area is 133 Å². The molecule has 122 valence electrons. The van der Waals surface area contributed by atoms with Crippen molar-refractivity contribution in [1.29, 1.82) is 0 Å². The minimum Gasteiger partial charge on any atom is -0.0705 e. The number of rotatable bonds is 4. The predicted octanol–water partition coefficient (Wildman–Crippen LogP) is 7.29. The number of allylic oxidation sites excluding steroid dienone is 2. The molecule has 21 heavy (non-hydrogen) atoms. The molecule has 0 radical (unpaired) electrons. The largest absolute Gasteiger partial charge is 0.0705 e. The van der Waals surface area contributed by atoms with Gasteiger partial charge in [0.2, 0.25) is 0 Å². The number of hydrogen-bond acceptors (Lipinski definition) is 0. The van der Waals surface area contributed by atoms with E-state index in [1.807, 2.05) is 11.1 Å². The van der Waals surface area contributed by atoms with Crippen LogP contribution in [-0.4, -0.2) is 0 Å². The maximum atomic E-state index is 2.53. The summed E-state index contributed by atoms with van der Waals surface area (Å²) < 4.78 is 0. The molecule has 0 heterocycles. The van der Waals surface area contributed by atoms with Crippen molar-refractivity contribution in [2.45, 2.75) is 104 Å². The van der Waals surface area contributed by atoms with E-state index in [9.17, 15) is 0 Å². The van der Waals surface area contributed by atoms with Crippen LogP contribution in [0.2, 0.25) is 0 Å². The van der Waals surface area contributed by atoms with Crippen LogP contribution in [0, 0.1) is 17.8 Å². The Morgan fingerprint density at radius 3 is 2.38 bits per heavy atom. The molecule has 0 spiro atoms. The summed E-state index contributed by atoms with van der Waals surface area (Å²) in [5.74, 6) is 2.75. The van der Waals surface area contributed by atoms with Gasteiger partial charge in [0, 0.05) is 0 Å². The molecule has 2 aliphatic rings. The molecule has 0 aromatic carbocycles. The second-order valence-corrected chi connectivity index (χ2v) is 7.97. The van der Waals surface area contributed by atoms with E-state index in [-0.39, 0.29) is 0 Å². The molecule has 0 N–H and O–H groups in total. The van der Waals surface area contributed by atoms with Crippen LogP contribution in [0.3, 0.4) is 0 Å². The third kappa shape index (κ3) is 5.15. The lowest BCUT2D eigenvalue weighted by atomic mass is 9.73. The van der Waals surface area contributed by atoms with Gasteiger partial charge in [-0.2, -0.15) is 0 Å². The summed E-state index contributed by atoms with van der Waals surface area (Å²) in [7, 11) is 0. The summed E-state index contributed by atoms with van der Waals surface area (Å²) in [5.41, 5.74) is 3.85. The summed E-state index contributed by atoms with van der Waals surface area (Å²) >= 11 is 0. The van der Waals surface area contributed by atoms with Gasteiger partial charge in [0.15, 0.2) is 0 Å². The first-order chi connectivity index (χ1) is 10.2. The minimum absolute atomic E-state index is 0.850. The maximum absolute atomic E-state index is 2.53. The highest BCUT2D eigenvalue weighted by molar-refractivity contribution is 5.21. The molecule has 3 atom stereocenters. The average Bonchev–Trinajstić information content (AvgIpc) is 2.47. The van der Waals surface area contributed by atoms with Crippen molar-refractivity contribution in [3.8, 4) is 0 Å². The molecule has 0 aromatic heterocycles. The fraction of sp³-hybridized carbons (Fsp3) is 0.905. The van der Waals surface area contributed by atoms with Crippen molar-refractivity contribution in [3.63, 3.8) is 0 Å². The third-order valence-electron chi connectivity index (χ3n) is 6.07. The zero-order chi connectivity index (χ0) is 15.1. The third-order valence-corrected chi connectivity index (χ3v) is 6.07. The average molecular weight is 291 g/mol. The fourth-order valence-electron chi connectivity index (χ4n) is 4.86. The van der Waals surface area contributed by atoms with Gasteiger partial charge in [0.05, 0.1) is 0 Å². The molecular formula is C21H38. The highest BCUT2D eigenvalue weighted by atomic mass is 14.3. The van der Waals surface area contributed by atoms with E-state index in [0.717, 1.165) is 17.8 Å². The van der Waals surface area contributed by atoms with Crippen LogP contribution in [0.5, 0.6) is 0 Å². The van der Waals surface area contributed by atoms with E-state index in [0.29, 0.717) is 0 Å². The topological polar surface area (TPSA) is 0 Å². The zero-order valence-corrected chi connectivity index (χ0v) is 14.9. The van der Waals surface area contributed by atoms with Gasteiger partial charge >= 0.3 is 0 Å². The van der Waals surface area contributed by atoms with Crippen LogP contribution >= 0.6 is 0 Å². The molecule has 0 saturated heterocycles. The molecule has 0 aliphatic heterocycles. The van der Waals surface area contributed by atoms with E-state index in [1.54, 1.807) is 0 Å². The first-order valence-electron chi connectivity index (χ1n) is 9.94. The smallest absolute Gasteiger partial charge is 0.0198 e. The van der Waals surface area contributed by atoms with E-state index in [2.05, 4.69) is 20.8 Å². The molecule has 0 heteroatoms. The quantitative estimate of drug-likeness (QED) is 0.477. The molecule has 2 fully saturated rings. The Morgan fingerprint density at radius 2 is 1.67 bits per heavy atom. The Kier molecular flexibility index (Phi) is 7.34. The summed E-state index contributed by atoms with van der Waals surface area (Å²) in [4.78, 5) is 0. The maximum Gasteiger partial charge on any atom is -0.0198 e. The Balaban J connectivity index is 2.16. The van der Waals surface area contributed by atoms with Crippen LogP contribution in [-0.2, 0) is 0 Å². The van der Waals surface area contributed by atoms with Crippen molar-refractivity contribution in [1.82, 2.24) is 0 Å². The van der Waals surface area contributed by atoms with Gasteiger partial charge in [-0.3, -0.25) is 0 Å². The molecule has 0 aromatic rings.